The molecule has 0 aliphatic rings. The lowest BCUT2D eigenvalue weighted by molar-refractivity contribution is -0.141. The number of ether oxygens (including phenoxy) is 1. The molecule has 1 amide bonds. The van der Waals surface area contributed by atoms with Crippen molar-refractivity contribution in [3.05, 3.63) is 72.8 Å². The standard InChI is InChI=1S/C39H61NO4Si/c1-34(44-45(39(2,3)4,35-28-22-19-23-29-35)36-30-24-20-25-31-36)27-21-17-15-13-11-9-7-6-8-10-12-14-16-18-26-32-37(41)40-33-38(42)43-5/h14,16,19-20,22-25,28-31,34H,6-13,15,17-18,21,26-27,32-33H2,1-5H3,(H,40,41)/b16-14-. The van der Waals surface area contributed by atoms with Crippen LogP contribution in [0, 0.1) is 0 Å². The first-order valence-electron chi connectivity index (χ1n) is 17.5. The number of amides is 1. The molecule has 0 bridgehead atoms. The van der Waals surface area contributed by atoms with Crippen molar-refractivity contribution in [2.24, 2.45) is 0 Å². The number of nitrogens with one attached hydrogen (secondary N) is 1. The van der Waals surface area contributed by atoms with Crippen molar-refractivity contribution in [2.75, 3.05) is 13.7 Å². The van der Waals surface area contributed by atoms with E-state index in [2.05, 4.69) is 111 Å². The SMILES string of the molecule is COC(=O)CNC(=O)CCC/C=C\CCCCCCCCCCCCC(C)O[Si](c1ccccc1)(c1ccccc1)C(C)(C)C. The van der Waals surface area contributed by atoms with E-state index >= 15 is 0 Å². The first-order chi connectivity index (χ1) is 21.7. The summed E-state index contributed by atoms with van der Waals surface area (Å²) in [5.41, 5.74) is 0. The van der Waals surface area contributed by atoms with Crippen LogP contribution in [-0.4, -0.2) is 40.0 Å². The number of unbranched alkanes of at least 4 members (excludes halogenated alkanes) is 11. The van der Waals surface area contributed by atoms with Crippen LogP contribution in [0.25, 0.3) is 0 Å². The number of methoxy groups -OCH3 is 1. The van der Waals surface area contributed by atoms with Crippen molar-refractivity contribution in [1.29, 1.82) is 0 Å². The molecule has 0 spiro atoms. The molecule has 0 aromatic heterocycles. The molecule has 2 aromatic carbocycles. The van der Waals surface area contributed by atoms with Gasteiger partial charge in [-0.25, -0.2) is 0 Å². The highest BCUT2D eigenvalue weighted by Crippen LogP contribution is 2.38. The maximum absolute atomic E-state index is 11.6. The zero-order chi connectivity index (χ0) is 32.8. The van der Waals surface area contributed by atoms with Crippen LogP contribution in [0.15, 0.2) is 72.8 Å². The number of hydrogen-bond acceptors (Lipinski definition) is 4. The van der Waals surface area contributed by atoms with Crippen molar-refractivity contribution < 1.29 is 18.8 Å². The van der Waals surface area contributed by atoms with Crippen molar-refractivity contribution >= 4 is 30.6 Å². The van der Waals surface area contributed by atoms with Gasteiger partial charge in [0.05, 0.1) is 7.11 Å². The summed E-state index contributed by atoms with van der Waals surface area (Å²) in [6.07, 6.45) is 22.1. The predicted molar refractivity (Wildman–Crippen MR) is 192 cm³/mol. The van der Waals surface area contributed by atoms with Gasteiger partial charge < -0.3 is 14.5 Å². The average molecular weight is 636 g/mol. The van der Waals surface area contributed by atoms with E-state index in [4.69, 9.17) is 4.43 Å². The Morgan fingerprint density at radius 2 is 1.20 bits per heavy atom. The third-order valence-electron chi connectivity index (χ3n) is 8.63. The Morgan fingerprint density at radius 1 is 0.733 bits per heavy atom. The molecule has 45 heavy (non-hydrogen) atoms. The second-order valence-corrected chi connectivity index (χ2v) is 17.7. The van der Waals surface area contributed by atoms with Crippen LogP contribution in [-0.2, 0) is 18.8 Å². The highest BCUT2D eigenvalue weighted by molar-refractivity contribution is 6.99. The van der Waals surface area contributed by atoms with E-state index in [1.165, 1.54) is 81.7 Å². The molecule has 0 saturated heterocycles. The van der Waals surface area contributed by atoms with Gasteiger partial charge in [-0.15, -0.1) is 0 Å². The van der Waals surface area contributed by atoms with E-state index < -0.39 is 14.3 Å². The van der Waals surface area contributed by atoms with Gasteiger partial charge in [-0.1, -0.05) is 151 Å². The lowest BCUT2D eigenvalue weighted by atomic mass is 10.0. The maximum atomic E-state index is 11.6. The fraction of sp³-hybridized carbons (Fsp3) is 0.590. The summed E-state index contributed by atoms with van der Waals surface area (Å²) in [5, 5.41) is 5.32. The third kappa shape index (κ3) is 14.5. The molecule has 0 aliphatic heterocycles. The zero-order valence-corrected chi connectivity index (χ0v) is 30.0. The van der Waals surface area contributed by atoms with Gasteiger partial charge in [-0.05, 0) is 54.4 Å². The Hall–Kier alpha value is -2.70. The van der Waals surface area contributed by atoms with Crippen LogP contribution in [0.1, 0.15) is 124 Å². The minimum Gasteiger partial charge on any atom is -0.468 e. The molecule has 6 heteroatoms. The molecular formula is C39H61NO4Si. The largest absolute Gasteiger partial charge is 0.468 e. The van der Waals surface area contributed by atoms with Crippen LogP contribution < -0.4 is 15.7 Å². The summed E-state index contributed by atoms with van der Waals surface area (Å²) < 4.78 is 11.7. The molecule has 2 rings (SSSR count). The Labute approximate surface area is 275 Å². The second kappa shape index (κ2) is 21.9. The molecule has 0 radical (unpaired) electrons. The molecule has 0 saturated carbocycles. The monoisotopic (exact) mass is 635 g/mol. The highest BCUT2D eigenvalue weighted by Gasteiger charge is 2.50. The maximum Gasteiger partial charge on any atom is 0.325 e. The minimum atomic E-state index is -2.46. The fourth-order valence-electron chi connectivity index (χ4n) is 6.11. The smallest absolute Gasteiger partial charge is 0.325 e. The molecule has 1 unspecified atom stereocenters. The number of rotatable bonds is 23. The van der Waals surface area contributed by atoms with E-state index in [1.807, 2.05) is 0 Å². The molecular weight excluding hydrogens is 575 g/mol. The van der Waals surface area contributed by atoms with Crippen LogP contribution in [0.3, 0.4) is 0 Å². The van der Waals surface area contributed by atoms with Crippen molar-refractivity contribution in [3.63, 3.8) is 0 Å². The highest BCUT2D eigenvalue weighted by atomic mass is 28.4. The quantitative estimate of drug-likeness (QED) is 0.0575. The molecule has 0 aliphatic carbocycles. The lowest BCUT2D eigenvalue weighted by Crippen LogP contribution is -2.67. The lowest BCUT2D eigenvalue weighted by Gasteiger charge is -2.44. The minimum absolute atomic E-state index is 0.0244. The van der Waals surface area contributed by atoms with Gasteiger partial charge >= 0.3 is 5.97 Å². The Morgan fingerprint density at radius 3 is 1.69 bits per heavy atom. The van der Waals surface area contributed by atoms with E-state index in [9.17, 15) is 9.59 Å². The van der Waals surface area contributed by atoms with E-state index in [0.29, 0.717) is 6.42 Å². The molecule has 250 valence electrons. The Bertz CT molecular complexity index is 1060. The number of allylic oxidation sites excluding steroid dienone is 2. The van der Waals surface area contributed by atoms with Gasteiger partial charge in [0.15, 0.2) is 0 Å². The van der Waals surface area contributed by atoms with Crippen LogP contribution in [0.4, 0.5) is 0 Å². The van der Waals surface area contributed by atoms with Gasteiger partial charge in [0.2, 0.25) is 5.91 Å². The molecule has 5 nitrogen and oxygen atoms in total. The Balaban J connectivity index is 1.54. The summed E-state index contributed by atoms with van der Waals surface area (Å²) >= 11 is 0. The summed E-state index contributed by atoms with van der Waals surface area (Å²) in [7, 11) is -1.15. The Kier molecular flexibility index (Phi) is 18.8. The topological polar surface area (TPSA) is 64.6 Å². The summed E-state index contributed by atoms with van der Waals surface area (Å²) in [6, 6.07) is 22.0. The van der Waals surface area contributed by atoms with E-state index in [1.54, 1.807) is 0 Å². The van der Waals surface area contributed by atoms with Gasteiger partial charge in [-0.2, -0.15) is 0 Å². The number of benzene rings is 2. The van der Waals surface area contributed by atoms with Crippen molar-refractivity contribution in [2.45, 2.75) is 135 Å². The first kappa shape index (κ1) is 38.5. The summed E-state index contributed by atoms with van der Waals surface area (Å²) in [4.78, 5) is 22.7. The first-order valence-corrected chi connectivity index (χ1v) is 19.4. The molecule has 1 atom stereocenters. The molecule has 0 fully saturated rings. The fourth-order valence-corrected chi connectivity index (χ4v) is 10.8. The van der Waals surface area contributed by atoms with Crippen LogP contribution in [0.5, 0.6) is 0 Å². The number of carbonyl (C=O) groups is 2. The van der Waals surface area contributed by atoms with Gasteiger partial charge in [0.1, 0.15) is 6.54 Å². The van der Waals surface area contributed by atoms with Gasteiger partial charge in [0.25, 0.3) is 8.32 Å². The van der Waals surface area contributed by atoms with Crippen LogP contribution >= 0.6 is 0 Å². The van der Waals surface area contributed by atoms with E-state index in [0.717, 1.165) is 25.7 Å². The van der Waals surface area contributed by atoms with E-state index in [-0.39, 0.29) is 23.6 Å². The van der Waals surface area contributed by atoms with Crippen LogP contribution in [0.2, 0.25) is 5.04 Å². The normalized spacial score (nSPS) is 12.7. The summed E-state index contributed by atoms with van der Waals surface area (Å²) in [5.74, 6) is -0.515. The number of hydrogen-bond donors (Lipinski definition) is 1. The number of carbonyl (C=O) groups excluding carboxylic acids is 2. The molecule has 1 N–H and O–H groups in total. The van der Waals surface area contributed by atoms with Gasteiger partial charge in [-0.3, -0.25) is 9.59 Å². The molecule has 2 aromatic rings. The third-order valence-corrected chi connectivity index (χ3v) is 13.8. The van der Waals surface area contributed by atoms with Crippen molar-refractivity contribution in [1.82, 2.24) is 5.32 Å². The second-order valence-electron chi connectivity index (χ2n) is 13.4. The number of esters is 1. The summed E-state index contributed by atoms with van der Waals surface area (Å²) in [6.45, 7) is 9.30. The van der Waals surface area contributed by atoms with Gasteiger partial charge in [0, 0.05) is 12.5 Å². The molecule has 0 heterocycles. The predicted octanol–water partition coefficient (Wildman–Crippen LogP) is 8.65. The zero-order valence-electron chi connectivity index (χ0n) is 29.0. The van der Waals surface area contributed by atoms with Crippen molar-refractivity contribution in [3.8, 4) is 0 Å². The average Bonchev–Trinajstić information content (AvgIpc) is 3.04.